The first-order chi connectivity index (χ1) is 8.66. The summed E-state index contributed by atoms with van der Waals surface area (Å²) < 4.78 is 28.0. The van der Waals surface area contributed by atoms with Crippen molar-refractivity contribution in [3.05, 3.63) is 65.0 Å². The third-order valence-corrected chi connectivity index (χ3v) is 5.12. The molecule has 0 aliphatic heterocycles. The van der Waals surface area contributed by atoms with Gasteiger partial charge in [0.25, 0.3) is 0 Å². The van der Waals surface area contributed by atoms with Crippen molar-refractivity contribution in [2.24, 2.45) is 0 Å². The Hall–Kier alpha value is -1.74. The van der Waals surface area contributed by atoms with Gasteiger partial charge in [-0.1, -0.05) is 12.1 Å². The van der Waals surface area contributed by atoms with Crippen LogP contribution in [0.5, 0.6) is 0 Å². The van der Waals surface area contributed by atoms with Crippen LogP contribution in [0.25, 0.3) is 15.0 Å². The van der Waals surface area contributed by atoms with E-state index in [4.69, 9.17) is 0 Å². The molecule has 0 saturated carbocycles. The van der Waals surface area contributed by atoms with Crippen molar-refractivity contribution >= 4 is 20.6 Å². The molecule has 2 aromatic carbocycles. The standard InChI is InChI=1S/C15H11F2S/c1-10-9-18(12-5-2-4-11(16)8-12)14-7-3-6-13(17)15(10)14/h2-9H,1H3/q+1. The van der Waals surface area contributed by atoms with Gasteiger partial charge in [-0.3, -0.25) is 0 Å². The highest BCUT2D eigenvalue weighted by Crippen LogP contribution is 2.42. The van der Waals surface area contributed by atoms with Gasteiger partial charge in [-0.05, 0) is 31.2 Å². The van der Waals surface area contributed by atoms with E-state index >= 15 is 0 Å². The monoisotopic (exact) mass is 261 g/mol. The van der Waals surface area contributed by atoms with Crippen LogP contribution in [0.3, 0.4) is 0 Å². The van der Waals surface area contributed by atoms with Gasteiger partial charge in [0, 0.05) is 22.1 Å². The molecule has 0 aliphatic carbocycles. The van der Waals surface area contributed by atoms with Crippen molar-refractivity contribution in [1.82, 2.24) is 0 Å². The van der Waals surface area contributed by atoms with Crippen LogP contribution in [0.4, 0.5) is 8.78 Å². The first kappa shape index (κ1) is 11.4. The Morgan fingerprint density at radius 2 is 1.78 bits per heavy atom. The van der Waals surface area contributed by atoms with Gasteiger partial charge < -0.3 is 0 Å². The van der Waals surface area contributed by atoms with Crippen molar-refractivity contribution in [3.63, 3.8) is 0 Å². The topological polar surface area (TPSA) is 0 Å². The fraction of sp³-hybridized carbons (Fsp3) is 0.0667. The Morgan fingerprint density at radius 3 is 2.56 bits per heavy atom. The van der Waals surface area contributed by atoms with Gasteiger partial charge >= 0.3 is 0 Å². The summed E-state index contributed by atoms with van der Waals surface area (Å²) in [5, 5.41) is 2.69. The third kappa shape index (κ3) is 1.71. The second-order valence-electron chi connectivity index (χ2n) is 4.21. The Morgan fingerprint density at radius 1 is 1.00 bits per heavy atom. The molecule has 3 rings (SSSR count). The lowest BCUT2D eigenvalue weighted by Crippen LogP contribution is -1.76. The molecule has 1 heterocycles. The summed E-state index contributed by atoms with van der Waals surface area (Å²) in [5.74, 6) is -0.455. The molecule has 1 aromatic heterocycles. The highest BCUT2D eigenvalue weighted by molar-refractivity contribution is 7.43. The normalized spacial score (nSPS) is 12.1. The molecule has 1 unspecified atom stereocenters. The lowest BCUT2D eigenvalue weighted by atomic mass is 10.2. The summed E-state index contributed by atoms with van der Waals surface area (Å²) in [7, 11) is -0.358. The third-order valence-electron chi connectivity index (χ3n) is 2.95. The first-order valence-corrected chi connectivity index (χ1v) is 6.91. The van der Waals surface area contributed by atoms with Crippen molar-refractivity contribution in [2.45, 2.75) is 6.92 Å². The molecule has 18 heavy (non-hydrogen) atoms. The van der Waals surface area contributed by atoms with Crippen LogP contribution in [0.1, 0.15) is 5.56 Å². The molecule has 0 radical (unpaired) electrons. The van der Waals surface area contributed by atoms with Crippen molar-refractivity contribution in [1.29, 1.82) is 0 Å². The summed E-state index contributed by atoms with van der Waals surface area (Å²) in [6.45, 7) is 1.90. The van der Waals surface area contributed by atoms with Crippen LogP contribution in [-0.2, 0) is 0 Å². The molecule has 0 saturated heterocycles. The van der Waals surface area contributed by atoms with Crippen LogP contribution >= 0.6 is 10.5 Å². The molecule has 0 N–H and O–H groups in total. The van der Waals surface area contributed by atoms with Crippen molar-refractivity contribution in [2.75, 3.05) is 0 Å². The van der Waals surface area contributed by atoms with Crippen molar-refractivity contribution in [3.8, 4) is 4.90 Å². The number of aryl methyl sites for hydroxylation is 1. The number of fused-ring (bicyclic) bond motifs is 1. The smallest absolute Gasteiger partial charge is 0.189 e. The fourth-order valence-corrected chi connectivity index (χ4v) is 4.32. The second kappa shape index (κ2) is 4.18. The lowest BCUT2D eigenvalue weighted by Gasteiger charge is -1.92. The maximum absolute atomic E-state index is 13.8. The molecule has 90 valence electrons. The average molecular weight is 261 g/mol. The summed E-state index contributed by atoms with van der Waals surface area (Å²) in [6, 6.07) is 11.6. The molecule has 0 nitrogen and oxygen atoms in total. The zero-order valence-corrected chi connectivity index (χ0v) is 10.6. The molecule has 0 fully saturated rings. The van der Waals surface area contributed by atoms with Gasteiger partial charge in [0.2, 0.25) is 0 Å². The van der Waals surface area contributed by atoms with Crippen LogP contribution in [-0.4, -0.2) is 0 Å². The van der Waals surface area contributed by atoms with Crippen LogP contribution in [0, 0.1) is 18.6 Å². The maximum atomic E-state index is 13.8. The van der Waals surface area contributed by atoms with E-state index in [0.717, 1.165) is 15.2 Å². The SMILES string of the molecule is Cc1c[s+](-c2cccc(F)c2)c2cccc(F)c12. The lowest BCUT2D eigenvalue weighted by molar-refractivity contribution is 0.629. The Kier molecular flexibility index (Phi) is 2.63. The zero-order valence-electron chi connectivity index (χ0n) is 9.78. The predicted molar refractivity (Wildman–Crippen MR) is 72.4 cm³/mol. The highest BCUT2D eigenvalue weighted by atomic mass is 32.2. The largest absolute Gasteiger partial charge is 0.207 e. The second-order valence-corrected chi connectivity index (χ2v) is 6.03. The van der Waals surface area contributed by atoms with Crippen molar-refractivity contribution < 1.29 is 8.78 Å². The minimum absolute atomic E-state index is 0.201. The van der Waals surface area contributed by atoms with Crippen LogP contribution in [0.2, 0.25) is 0 Å². The predicted octanol–water partition coefficient (Wildman–Crippen LogP) is 5.16. The Labute approximate surface area is 106 Å². The van der Waals surface area contributed by atoms with E-state index in [1.54, 1.807) is 12.1 Å². The fourth-order valence-electron chi connectivity index (χ4n) is 2.17. The summed E-state index contributed by atoms with van der Waals surface area (Å²) in [4.78, 5) is 0.888. The molecule has 0 aliphatic rings. The van der Waals surface area contributed by atoms with Gasteiger partial charge in [0.05, 0.1) is 5.39 Å². The minimum Gasteiger partial charge on any atom is -0.207 e. The van der Waals surface area contributed by atoms with E-state index < -0.39 is 0 Å². The Balaban J connectivity index is 2.34. The summed E-state index contributed by atoms with van der Waals surface area (Å²) in [5.41, 5.74) is 0.927. The quantitative estimate of drug-likeness (QED) is 0.530. The minimum atomic E-state index is -0.358. The summed E-state index contributed by atoms with van der Waals surface area (Å²) >= 11 is 0. The molecule has 3 aromatic rings. The number of thiophene rings is 1. The highest BCUT2D eigenvalue weighted by Gasteiger charge is 2.21. The molecule has 0 spiro atoms. The summed E-state index contributed by atoms with van der Waals surface area (Å²) in [6.07, 6.45) is 0. The van der Waals surface area contributed by atoms with E-state index in [2.05, 4.69) is 0 Å². The van der Waals surface area contributed by atoms with E-state index in [1.165, 1.54) is 18.2 Å². The van der Waals surface area contributed by atoms with Crippen LogP contribution < -0.4 is 0 Å². The van der Waals surface area contributed by atoms with E-state index in [9.17, 15) is 8.78 Å². The van der Waals surface area contributed by atoms with Gasteiger partial charge in [0.15, 0.2) is 9.60 Å². The average Bonchev–Trinajstić information content (AvgIpc) is 2.68. The van der Waals surface area contributed by atoms with E-state index in [1.807, 2.05) is 24.4 Å². The number of halogens is 2. The first-order valence-electron chi connectivity index (χ1n) is 5.63. The number of rotatable bonds is 1. The molecular formula is C15H11F2S+. The molecule has 0 bridgehead atoms. The number of hydrogen-bond acceptors (Lipinski definition) is 0. The van der Waals surface area contributed by atoms with E-state index in [0.29, 0.717) is 5.39 Å². The molecule has 3 heteroatoms. The molecular weight excluding hydrogens is 250 g/mol. The van der Waals surface area contributed by atoms with Gasteiger partial charge in [-0.2, -0.15) is 0 Å². The maximum Gasteiger partial charge on any atom is 0.189 e. The van der Waals surface area contributed by atoms with Gasteiger partial charge in [0.1, 0.15) is 17.0 Å². The molecule has 1 atom stereocenters. The van der Waals surface area contributed by atoms with Gasteiger partial charge in [-0.15, -0.1) is 0 Å². The van der Waals surface area contributed by atoms with Crippen LogP contribution in [0.15, 0.2) is 47.8 Å². The number of hydrogen-bond donors (Lipinski definition) is 0. The van der Waals surface area contributed by atoms with Gasteiger partial charge in [-0.25, -0.2) is 8.78 Å². The molecule has 0 amide bonds. The Bertz CT molecular complexity index is 728. The van der Waals surface area contributed by atoms with E-state index in [-0.39, 0.29) is 22.1 Å². The number of benzene rings is 2. The zero-order chi connectivity index (χ0) is 12.7.